The highest BCUT2D eigenvalue weighted by atomic mass is 16.5. The SMILES string of the molecule is COc1cccc(Cc2[nH]c(=O)n(-c3cnn(Cc4c(C)noc4C)c3)c2O)c1. The minimum atomic E-state index is -0.433. The van der Waals surface area contributed by atoms with E-state index in [-0.39, 0.29) is 5.88 Å². The maximum absolute atomic E-state index is 12.5. The fourth-order valence-corrected chi connectivity index (χ4v) is 3.27. The lowest BCUT2D eigenvalue weighted by molar-refractivity contribution is 0.391. The van der Waals surface area contributed by atoms with E-state index in [1.165, 1.54) is 10.8 Å². The molecule has 0 radical (unpaired) electrons. The van der Waals surface area contributed by atoms with Crippen molar-refractivity contribution < 1.29 is 14.4 Å². The van der Waals surface area contributed by atoms with Crippen molar-refractivity contribution in [1.29, 1.82) is 0 Å². The van der Waals surface area contributed by atoms with E-state index in [0.717, 1.165) is 22.6 Å². The van der Waals surface area contributed by atoms with E-state index in [9.17, 15) is 9.90 Å². The molecule has 0 bridgehead atoms. The van der Waals surface area contributed by atoms with Crippen molar-refractivity contribution in [2.45, 2.75) is 26.8 Å². The van der Waals surface area contributed by atoms with Gasteiger partial charge in [0.05, 0.1) is 36.9 Å². The second kappa shape index (κ2) is 7.34. The summed E-state index contributed by atoms with van der Waals surface area (Å²) in [4.78, 5) is 15.2. The molecular weight excluding hydrogens is 374 g/mol. The molecule has 9 nitrogen and oxygen atoms in total. The number of benzene rings is 1. The molecule has 1 aromatic carbocycles. The summed E-state index contributed by atoms with van der Waals surface area (Å²) in [7, 11) is 1.59. The van der Waals surface area contributed by atoms with Crippen LogP contribution in [0.2, 0.25) is 0 Å². The van der Waals surface area contributed by atoms with Crippen LogP contribution in [0.4, 0.5) is 0 Å². The number of nitrogens with one attached hydrogen (secondary N) is 1. The summed E-state index contributed by atoms with van der Waals surface area (Å²) >= 11 is 0. The predicted octanol–water partition coefficient (Wildman–Crippen LogP) is 2.32. The largest absolute Gasteiger partial charge is 0.497 e. The van der Waals surface area contributed by atoms with E-state index in [2.05, 4.69) is 15.2 Å². The Labute approximate surface area is 166 Å². The van der Waals surface area contributed by atoms with E-state index in [1.807, 2.05) is 38.1 Å². The van der Waals surface area contributed by atoms with Gasteiger partial charge in [0.2, 0.25) is 5.88 Å². The number of aryl methyl sites for hydroxylation is 2. The first-order valence-electron chi connectivity index (χ1n) is 9.06. The first-order valence-corrected chi connectivity index (χ1v) is 9.06. The molecule has 9 heteroatoms. The van der Waals surface area contributed by atoms with Crippen molar-refractivity contribution in [3.63, 3.8) is 0 Å². The summed E-state index contributed by atoms with van der Waals surface area (Å²) in [5.41, 5.74) is 3.08. The Kier molecular flexibility index (Phi) is 4.71. The van der Waals surface area contributed by atoms with Crippen molar-refractivity contribution in [2.24, 2.45) is 0 Å². The Morgan fingerprint density at radius 1 is 1.31 bits per heavy atom. The number of H-pyrrole nitrogens is 1. The van der Waals surface area contributed by atoms with Gasteiger partial charge in [-0.25, -0.2) is 9.36 Å². The number of hydrogen-bond acceptors (Lipinski definition) is 6. The fourth-order valence-electron chi connectivity index (χ4n) is 3.27. The molecule has 0 aliphatic carbocycles. The van der Waals surface area contributed by atoms with Crippen LogP contribution < -0.4 is 10.4 Å². The van der Waals surface area contributed by atoms with Gasteiger partial charge in [-0.3, -0.25) is 4.68 Å². The minimum Gasteiger partial charge on any atom is -0.497 e. The first kappa shape index (κ1) is 18.6. The third-order valence-electron chi connectivity index (χ3n) is 4.84. The number of hydrogen-bond donors (Lipinski definition) is 2. The molecule has 3 aromatic heterocycles. The van der Waals surface area contributed by atoms with Gasteiger partial charge in [0.25, 0.3) is 0 Å². The number of aromatic nitrogens is 5. The summed E-state index contributed by atoms with van der Waals surface area (Å²) in [5.74, 6) is 1.29. The van der Waals surface area contributed by atoms with E-state index < -0.39 is 5.69 Å². The Balaban J connectivity index is 1.61. The Hall–Kier alpha value is -3.75. The van der Waals surface area contributed by atoms with Crippen LogP contribution in [0.5, 0.6) is 11.6 Å². The number of methoxy groups -OCH3 is 1. The van der Waals surface area contributed by atoms with Crippen molar-refractivity contribution in [1.82, 2.24) is 24.5 Å². The van der Waals surface area contributed by atoms with Gasteiger partial charge in [0.1, 0.15) is 11.5 Å². The van der Waals surface area contributed by atoms with Crippen molar-refractivity contribution in [3.8, 4) is 17.3 Å². The average Bonchev–Trinajstić information content (AvgIpc) is 3.37. The summed E-state index contributed by atoms with van der Waals surface area (Å²) in [5, 5.41) is 18.9. The number of imidazole rings is 1. The second-order valence-electron chi connectivity index (χ2n) is 6.79. The van der Waals surface area contributed by atoms with Crippen LogP contribution in [0.3, 0.4) is 0 Å². The van der Waals surface area contributed by atoms with Gasteiger partial charge >= 0.3 is 5.69 Å². The third-order valence-corrected chi connectivity index (χ3v) is 4.84. The summed E-state index contributed by atoms with van der Waals surface area (Å²) < 4.78 is 13.3. The normalized spacial score (nSPS) is 11.1. The summed E-state index contributed by atoms with van der Waals surface area (Å²) in [6.45, 7) is 4.16. The van der Waals surface area contributed by atoms with E-state index in [1.54, 1.807) is 18.0 Å². The van der Waals surface area contributed by atoms with Gasteiger partial charge in [-0.05, 0) is 31.5 Å². The lowest BCUT2D eigenvalue weighted by Crippen LogP contribution is -2.14. The highest BCUT2D eigenvalue weighted by molar-refractivity contribution is 5.38. The van der Waals surface area contributed by atoms with Crippen LogP contribution in [0.1, 0.15) is 28.3 Å². The van der Waals surface area contributed by atoms with Gasteiger partial charge in [0.15, 0.2) is 0 Å². The highest BCUT2D eigenvalue weighted by Crippen LogP contribution is 2.23. The fraction of sp³-hybridized carbons (Fsp3) is 0.250. The standard InChI is InChI=1S/C20H21N5O4/c1-12-17(13(2)29-23-12)11-24-10-15(9-21-24)25-19(26)18(22-20(25)27)8-14-5-4-6-16(7-14)28-3/h4-7,9-10,26H,8,11H2,1-3H3,(H,22,27). The molecule has 2 N–H and O–H groups in total. The molecule has 4 aromatic rings. The molecule has 0 unspecified atom stereocenters. The molecule has 0 saturated carbocycles. The molecule has 0 saturated heterocycles. The second-order valence-corrected chi connectivity index (χ2v) is 6.79. The Morgan fingerprint density at radius 3 is 2.86 bits per heavy atom. The zero-order chi connectivity index (χ0) is 20.5. The van der Waals surface area contributed by atoms with Gasteiger partial charge in [-0.15, -0.1) is 0 Å². The highest BCUT2D eigenvalue weighted by Gasteiger charge is 2.17. The third kappa shape index (κ3) is 3.54. The summed E-state index contributed by atoms with van der Waals surface area (Å²) in [6.07, 6.45) is 3.58. The van der Waals surface area contributed by atoms with Crippen molar-refractivity contribution >= 4 is 0 Å². The molecule has 0 atom stereocenters. The van der Waals surface area contributed by atoms with Crippen molar-refractivity contribution in [3.05, 3.63) is 75.4 Å². The lowest BCUT2D eigenvalue weighted by Gasteiger charge is -2.04. The summed E-state index contributed by atoms with van der Waals surface area (Å²) in [6, 6.07) is 7.46. The van der Waals surface area contributed by atoms with Crippen LogP contribution >= 0.6 is 0 Å². The minimum absolute atomic E-state index is 0.144. The van der Waals surface area contributed by atoms with Gasteiger partial charge in [-0.1, -0.05) is 17.3 Å². The number of rotatable bonds is 6. The van der Waals surface area contributed by atoms with E-state index in [0.29, 0.717) is 30.1 Å². The van der Waals surface area contributed by atoms with E-state index in [4.69, 9.17) is 9.26 Å². The smallest absolute Gasteiger partial charge is 0.333 e. The molecule has 3 heterocycles. The molecule has 0 spiro atoms. The molecule has 0 aliphatic heterocycles. The predicted molar refractivity (Wildman–Crippen MR) is 105 cm³/mol. The molecule has 0 aliphatic rings. The average molecular weight is 395 g/mol. The maximum atomic E-state index is 12.5. The maximum Gasteiger partial charge on any atom is 0.333 e. The van der Waals surface area contributed by atoms with Gasteiger partial charge in [-0.2, -0.15) is 5.10 Å². The zero-order valence-corrected chi connectivity index (χ0v) is 16.3. The van der Waals surface area contributed by atoms with Crippen LogP contribution in [0.15, 0.2) is 46.0 Å². The molecule has 0 fully saturated rings. The number of nitrogens with zero attached hydrogens (tertiary/aromatic N) is 4. The lowest BCUT2D eigenvalue weighted by atomic mass is 10.1. The molecule has 150 valence electrons. The zero-order valence-electron chi connectivity index (χ0n) is 16.3. The van der Waals surface area contributed by atoms with E-state index >= 15 is 0 Å². The molecular formula is C20H21N5O4. The van der Waals surface area contributed by atoms with Crippen LogP contribution in [-0.2, 0) is 13.0 Å². The quantitative estimate of drug-likeness (QED) is 0.518. The number of aromatic amines is 1. The molecule has 4 rings (SSSR count). The molecule has 0 amide bonds. The number of aromatic hydroxyl groups is 1. The van der Waals surface area contributed by atoms with Crippen LogP contribution in [0, 0.1) is 13.8 Å². The Bertz CT molecular complexity index is 1190. The van der Waals surface area contributed by atoms with Crippen molar-refractivity contribution in [2.75, 3.05) is 7.11 Å². The topological polar surface area (TPSA) is 111 Å². The van der Waals surface area contributed by atoms with Crippen LogP contribution in [0.25, 0.3) is 5.69 Å². The van der Waals surface area contributed by atoms with Crippen LogP contribution in [-0.4, -0.2) is 36.7 Å². The van der Waals surface area contributed by atoms with Gasteiger partial charge in [0, 0.05) is 18.2 Å². The van der Waals surface area contributed by atoms with Gasteiger partial charge < -0.3 is 19.4 Å². The Morgan fingerprint density at radius 2 is 2.14 bits per heavy atom. The number of ether oxygens (including phenoxy) is 1. The monoisotopic (exact) mass is 395 g/mol. The molecule has 29 heavy (non-hydrogen) atoms. The first-order chi connectivity index (χ1) is 14.0.